The maximum absolute atomic E-state index is 12.3. The highest BCUT2D eigenvalue weighted by molar-refractivity contribution is 6.07. The van der Waals surface area contributed by atoms with Gasteiger partial charge in [-0.1, -0.05) is 30.3 Å². The molecule has 8 heteroatoms. The van der Waals surface area contributed by atoms with Gasteiger partial charge < -0.3 is 25.2 Å². The minimum atomic E-state index is -1.20. The van der Waals surface area contributed by atoms with E-state index in [9.17, 15) is 14.4 Å². The van der Waals surface area contributed by atoms with Crippen molar-refractivity contribution >= 4 is 17.8 Å². The molecule has 1 heterocycles. The highest BCUT2D eigenvalue weighted by Crippen LogP contribution is 2.34. The van der Waals surface area contributed by atoms with Crippen LogP contribution in [-0.4, -0.2) is 49.2 Å². The smallest absolute Gasteiger partial charge is 0.404 e. The third-order valence-corrected chi connectivity index (χ3v) is 3.65. The molecule has 2 rings (SSSR count). The van der Waals surface area contributed by atoms with Crippen LogP contribution < -0.4 is 10.6 Å². The first-order valence-electron chi connectivity index (χ1n) is 7.77. The van der Waals surface area contributed by atoms with Crippen LogP contribution in [0.3, 0.4) is 0 Å². The van der Waals surface area contributed by atoms with Gasteiger partial charge in [-0.3, -0.25) is 9.59 Å². The lowest BCUT2D eigenvalue weighted by Crippen LogP contribution is -2.33. The van der Waals surface area contributed by atoms with Crippen molar-refractivity contribution in [3.63, 3.8) is 0 Å². The third-order valence-electron chi connectivity index (χ3n) is 3.65. The largest absolute Gasteiger partial charge is 0.469 e. The molecule has 8 nitrogen and oxygen atoms in total. The molecule has 0 saturated carbocycles. The molecule has 0 bridgehead atoms. The Balaban J connectivity index is 1.77. The van der Waals surface area contributed by atoms with Crippen molar-refractivity contribution in [3.05, 3.63) is 47.7 Å². The summed E-state index contributed by atoms with van der Waals surface area (Å²) in [6, 6.07) is 8.97. The number of ketones is 1. The van der Waals surface area contributed by atoms with E-state index in [4.69, 9.17) is 14.6 Å². The summed E-state index contributed by atoms with van der Waals surface area (Å²) in [5, 5.41) is 13.1. The molecular weight excluding hydrogens is 328 g/mol. The third kappa shape index (κ3) is 4.80. The van der Waals surface area contributed by atoms with Gasteiger partial charge in [0, 0.05) is 24.7 Å². The number of hydrogen-bond acceptors (Lipinski definition) is 5. The summed E-state index contributed by atoms with van der Waals surface area (Å²) in [6.45, 7) is 2.42. The van der Waals surface area contributed by atoms with Crippen molar-refractivity contribution in [2.24, 2.45) is 0 Å². The van der Waals surface area contributed by atoms with Gasteiger partial charge >= 0.3 is 6.09 Å². The number of carbonyl (C=O) groups is 3. The Kier molecular flexibility index (Phi) is 6.13. The number of benzene rings is 1. The zero-order valence-electron chi connectivity index (χ0n) is 13.8. The van der Waals surface area contributed by atoms with Gasteiger partial charge in [-0.2, -0.15) is 0 Å². The second kappa shape index (κ2) is 8.29. The normalized spacial score (nSPS) is 19.1. The van der Waals surface area contributed by atoms with E-state index in [0.717, 1.165) is 0 Å². The van der Waals surface area contributed by atoms with E-state index in [0.29, 0.717) is 5.56 Å². The van der Waals surface area contributed by atoms with Crippen LogP contribution in [0.25, 0.3) is 0 Å². The van der Waals surface area contributed by atoms with Crippen LogP contribution in [0.4, 0.5) is 4.79 Å². The van der Waals surface area contributed by atoms with Crippen molar-refractivity contribution in [2.75, 3.05) is 26.3 Å². The lowest BCUT2D eigenvalue weighted by atomic mass is 9.92. The quantitative estimate of drug-likeness (QED) is 0.599. The molecule has 1 aromatic rings. The SMILES string of the molecule is CC1(c2ccccc2)OC(C(=O)NCCOCCNC(=O)O)=CC1=O. The topological polar surface area (TPSA) is 114 Å². The Hall–Kier alpha value is -2.87. The number of carbonyl (C=O) groups excluding carboxylic acids is 2. The fourth-order valence-corrected chi connectivity index (χ4v) is 2.28. The predicted octanol–water partition coefficient (Wildman–Crippen LogP) is 0.785. The molecule has 1 unspecified atom stereocenters. The van der Waals surface area contributed by atoms with Crippen LogP contribution in [0.2, 0.25) is 0 Å². The van der Waals surface area contributed by atoms with E-state index in [2.05, 4.69) is 10.6 Å². The van der Waals surface area contributed by atoms with Gasteiger partial charge in [0.15, 0.2) is 11.4 Å². The summed E-state index contributed by atoms with van der Waals surface area (Å²) in [4.78, 5) is 34.6. The number of nitrogens with one attached hydrogen (secondary N) is 2. The first kappa shape index (κ1) is 18.5. The molecule has 0 spiro atoms. The van der Waals surface area contributed by atoms with Gasteiger partial charge in [0.2, 0.25) is 5.78 Å². The van der Waals surface area contributed by atoms with E-state index >= 15 is 0 Å². The van der Waals surface area contributed by atoms with Crippen LogP contribution in [0.5, 0.6) is 0 Å². The van der Waals surface area contributed by atoms with E-state index < -0.39 is 17.6 Å². The molecule has 1 aromatic carbocycles. The Morgan fingerprint density at radius 2 is 1.80 bits per heavy atom. The number of amides is 2. The van der Waals surface area contributed by atoms with Gasteiger partial charge in [-0.05, 0) is 6.92 Å². The maximum atomic E-state index is 12.3. The van der Waals surface area contributed by atoms with Crippen LogP contribution in [-0.2, 0) is 24.7 Å². The summed E-state index contributed by atoms with van der Waals surface area (Å²) in [5.41, 5.74) is -0.527. The molecular formula is C17H20N2O6. The summed E-state index contributed by atoms with van der Waals surface area (Å²) in [6.07, 6.45) is 0.0772. The van der Waals surface area contributed by atoms with Crippen molar-refractivity contribution in [1.29, 1.82) is 0 Å². The molecule has 0 aliphatic carbocycles. The standard InChI is InChI=1S/C17H20N2O6/c1-17(12-5-3-2-4-6-12)14(20)11-13(25-17)15(21)18-7-9-24-10-8-19-16(22)23/h2-6,11,19H,7-10H2,1H3,(H,18,21)(H,22,23). The van der Waals surface area contributed by atoms with Gasteiger partial charge in [-0.25, -0.2) is 4.79 Å². The lowest BCUT2D eigenvalue weighted by Gasteiger charge is -2.23. The second-order valence-corrected chi connectivity index (χ2v) is 5.47. The number of hydrogen-bond donors (Lipinski definition) is 3. The monoisotopic (exact) mass is 348 g/mol. The summed E-state index contributed by atoms with van der Waals surface area (Å²) < 4.78 is 10.8. The van der Waals surface area contributed by atoms with E-state index in [1.54, 1.807) is 31.2 Å². The van der Waals surface area contributed by atoms with Gasteiger partial charge in [-0.15, -0.1) is 0 Å². The van der Waals surface area contributed by atoms with Crippen LogP contribution in [0.15, 0.2) is 42.2 Å². The van der Waals surface area contributed by atoms with Crippen molar-refractivity contribution in [1.82, 2.24) is 10.6 Å². The zero-order chi connectivity index (χ0) is 18.3. The number of ether oxygens (including phenoxy) is 2. The molecule has 1 aliphatic rings. The van der Waals surface area contributed by atoms with E-state index in [1.165, 1.54) is 6.08 Å². The highest BCUT2D eigenvalue weighted by Gasteiger charge is 2.43. The Bertz CT molecular complexity index is 673. The van der Waals surface area contributed by atoms with E-state index in [1.807, 2.05) is 6.07 Å². The van der Waals surface area contributed by atoms with Gasteiger partial charge in [0.05, 0.1) is 13.2 Å². The minimum Gasteiger partial charge on any atom is -0.469 e. The van der Waals surface area contributed by atoms with Crippen molar-refractivity contribution < 1.29 is 29.0 Å². The molecule has 2 amide bonds. The lowest BCUT2D eigenvalue weighted by molar-refractivity contribution is -0.132. The number of carboxylic acid groups (broad SMARTS) is 1. The summed E-state index contributed by atoms with van der Waals surface area (Å²) >= 11 is 0. The molecule has 0 radical (unpaired) electrons. The van der Waals surface area contributed by atoms with Crippen molar-refractivity contribution in [3.8, 4) is 0 Å². The minimum absolute atomic E-state index is 0.0381. The average Bonchev–Trinajstić information content (AvgIpc) is 2.91. The van der Waals surface area contributed by atoms with Gasteiger partial charge in [0.25, 0.3) is 5.91 Å². The molecule has 25 heavy (non-hydrogen) atoms. The Labute approximate surface area is 144 Å². The molecule has 3 N–H and O–H groups in total. The highest BCUT2D eigenvalue weighted by atomic mass is 16.5. The first-order chi connectivity index (χ1) is 11.9. The average molecular weight is 348 g/mol. The zero-order valence-corrected chi connectivity index (χ0v) is 13.8. The first-order valence-corrected chi connectivity index (χ1v) is 7.77. The molecule has 0 aromatic heterocycles. The molecule has 1 atom stereocenters. The fourth-order valence-electron chi connectivity index (χ4n) is 2.28. The fraction of sp³-hybridized carbons (Fsp3) is 0.353. The molecule has 0 fully saturated rings. The van der Waals surface area contributed by atoms with Crippen LogP contribution in [0, 0.1) is 0 Å². The van der Waals surface area contributed by atoms with Gasteiger partial charge in [0.1, 0.15) is 0 Å². The Morgan fingerprint density at radius 1 is 1.16 bits per heavy atom. The summed E-state index contributed by atoms with van der Waals surface area (Å²) in [7, 11) is 0. The maximum Gasteiger partial charge on any atom is 0.404 e. The summed E-state index contributed by atoms with van der Waals surface area (Å²) in [5.74, 6) is -0.830. The van der Waals surface area contributed by atoms with Crippen LogP contribution in [0.1, 0.15) is 12.5 Å². The Morgan fingerprint density at radius 3 is 2.44 bits per heavy atom. The molecule has 1 aliphatic heterocycles. The molecule has 134 valence electrons. The predicted molar refractivity (Wildman–Crippen MR) is 87.8 cm³/mol. The van der Waals surface area contributed by atoms with Crippen molar-refractivity contribution in [2.45, 2.75) is 12.5 Å². The number of rotatable bonds is 8. The van der Waals surface area contributed by atoms with Crippen LogP contribution >= 0.6 is 0 Å². The van der Waals surface area contributed by atoms with E-state index in [-0.39, 0.29) is 37.8 Å². The molecule has 0 saturated heterocycles. The second-order valence-electron chi connectivity index (χ2n) is 5.47.